The van der Waals surface area contributed by atoms with Crippen LogP contribution >= 0.6 is 0 Å². The van der Waals surface area contributed by atoms with Crippen molar-refractivity contribution in [3.05, 3.63) is 58.2 Å². The standard InChI is InChI=1S/C22H31N5O/c1-5-16(2)15-26-11-9-21-25-24-20(27(21)13-12-26)8-10-23-22(28)19-7-6-17(3)14-18(19)4/h5-7,14H,8-13,15H2,1-4H3,(H,23,28)/b16-5+. The normalized spacial score (nSPS) is 15.2. The van der Waals surface area contributed by atoms with Crippen LogP contribution in [0.2, 0.25) is 0 Å². The number of allylic oxidation sites excluding steroid dienone is 1. The van der Waals surface area contributed by atoms with Gasteiger partial charge < -0.3 is 9.88 Å². The van der Waals surface area contributed by atoms with E-state index < -0.39 is 0 Å². The Morgan fingerprint density at radius 1 is 1.21 bits per heavy atom. The van der Waals surface area contributed by atoms with Crippen molar-refractivity contribution in [2.24, 2.45) is 0 Å². The predicted molar refractivity (Wildman–Crippen MR) is 112 cm³/mol. The minimum atomic E-state index is -0.0268. The van der Waals surface area contributed by atoms with Gasteiger partial charge in [-0.15, -0.1) is 10.2 Å². The highest BCUT2D eigenvalue weighted by Crippen LogP contribution is 2.12. The molecule has 1 N–H and O–H groups in total. The molecule has 6 nitrogen and oxygen atoms in total. The third-order valence-corrected chi connectivity index (χ3v) is 5.42. The first-order valence-electron chi connectivity index (χ1n) is 10.1. The topological polar surface area (TPSA) is 63.1 Å². The van der Waals surface area contributed by atoms with Crippen molar-refractivity contribution < 1.29 is 4.79 Å². The van der Waals surface area contributed by atoms with Gasteiger partial charge in [0.05, 0.1) is 0 Å². The van der Waals surface area contributed by atoms with Crippen LogP contribution in [0.15, 0.2) is 29.8 Å². The molecule has 1 amide bonds. The van der Waals surface area contributed by atoms with Crippen LogP contribution < -0.4 is 5.32 Å². The highest BCUT2D eigenvalue weighted by atomic mass is 16.1. The van der Waals surface area contributed by atoms with Crippen molar-refractivity contribution in [1.29, 1.82) is 0 Å². The van der Waals surface area contributed by atoms with Gasteiger partial charge in [0.2, 0.25) is 0 Å². The van der Waals surface area contributed by atoms with Gasteiger partial charge in [-0.25, -0.2) is 0 Å². The fourth-order valence-electron chi connectivity index (χ4n) is 3.67. The number of benzene rings is 1. The predicted octanol–water partition coefficient (Wildman–Crippen LogP) is 2.69. The minimum absolute atomic E-state index is 0.0268. The van der Waals surface area contributed by atoms with Gasteiger partial charge in [0.15, 0.2) is 0 Å². The number of nitrogens with zero attached hydrogens (tertiary/aromatic N) is 4. The average Bonchev–Trinajstić information content (AvgIpc) is 2.94. The molecule has 0 saturated carbocycles. The largest absolute Gasteiger partial charge is 0.352 e. The van der Waals surface area contributed by atoms with Crippen molar-refractivity contribution in [3.8, 4) is 0 Å². The van der Waals surface area contributed by atoms with Crippen molar-refractivity contribution in [2.75, 3.05) is 26.2 Å². The number of nitrogens with one attached hydrogen (secondary N) is 1. The third-order valence-electron chi connectivity index (χ3n) is 5.42. The lowest BCUT2D eigenvalue weighted by atomic mass is 10.1. The van der Waals surface area contributed by atoms with Gasteiger partial charge in [0, 0.05) is 51.1 Å². The fourth-order valence-corrected chi connectivity index (χ4v) is 3.67. The molecule has 6 heteroatoms. The number of carbonyl (C=O) groups excluding carboxylic acids is 1. The van der Waals surface area contributed by atoms with Crippen LogP contribution in [0.1, 0.15) is 47.0 Å². The molecule has 1 aliphatic rings. The fraction of sp³-hybridized carbons (Fsp3) is 0.500. The van der Waals surface area contributed by atoms with E-state index in [-0.39, 0.29) is 5.91 Å². The Balaban J connectivity index is 1.56. The second-order valence-corrected chi connectivity index (χ2v) is 7.67. The zero-order valence-electron chi connectivity index (χ0n) is 17.5. The highest BCUT2D eigenvalue weighted by Gasteiger charge is 2.18. The Kier molecular flexibility index (Phi) is 6.62. The van der Waals surface area contributed by atoms with E-state index in [1.165, 1.54) is 11.1 Å². The number of carbonyl (C=O) groups is 1. The summed E-state index contributed by atoms with van der Waals surface area (Å²) in [4.78, 5) is 14.9. The van der Waals surface area contributed by atoms with Crippen LogP contribution in [0.25, 0.3) is 0 Å². The zero-order valence-corrected chi connectivity index (χ0v) is 17.5. The highest BCUT2D eigenvalue weighted by molar-refractivity contribution is 5.95. The molecule has 0 fully saturated rings. The molecule has 3 rings (SSSR count). The first-order chi connectivity index (χ1) is 13.5. The number of hydrogen-bond acceptors (Lipinski definition) is 4. The van der Waals surface area contributed by atoms with E-state index in [4.69, 9.17) is 0 Å². The lowest BCUT2D eigenvalue weighted by Crippen LogP contribution is -2.29. The lowest BCUT2D eigenvalue weighted by molar-refractivity contribution is 0.0953. The summed E-state index contributed by atoms with van der Waals surface area (Å²) in [5, 5.41) is 11.8. The summed E-state index contributed by atoms with van der Waals surface area (Å²) in [6, 6.07) is 5.90. The molecule has 0 saturated heterocycles. The van der Waals surface area contributed by atoms with Crippen LogP contribution in [0.5, 0.6) is 0 Å². The molecular formula is C22H31N5O. The molecule has 0 atom stereocenters. The Labute approximate surface area is 167 Å². The second kappa shape index (κ2) is 9.15. The van der Waals surface area contributed by atoms with Gasteiger partial charge >= 0.3 is 0 Å². The summed E-state index contributed by atoms with van der Waals surface area (Å²) in [6.45, 7) is 12.8. The van der Waals surface area contributed by atoms with Crippen LogP contribution in [0.3, 0.4) is 0 Å². The zero-order chi connectivity index (χ0) is 20.1. The van der Waals surface area contributed by atoms with Gasteiger partial charge in [-0.3, -0.25) is 9.69 Å². The molecule has 0 unspecified atom stereocenters. The molecule has 1 aliphatic heterocycles. The molecule has 0 spiro atoms. The SMILES string of the molecule is C/C=C(\C)CN1CCc2nnc(CCNC(=O)c3ccc(C)cc3C)n2CC1. The monoisotopic (exact) mass is 381 g/mol. The average molecular weight is 382 g/mol. The molecule has 0 aliphatic carbocycles. The van der Waals surface area contributed by atoms with Gasteiger partial charge in [-0.05, 0) is 39.3 Å². The van der Waals surface area contributed by atoms with E-state index in [2.05, 4.69) is 44.9 Å². The molecular weight excluding hydrogens is 350 g/mol. The maximum atomic E-state index is 12.5. The molecule has 1 aromatic heterocycles. The molecule has 1 aromatic carbocycles. The van der Waals surface area contributed by atoms with E-state index in [1.807, 2.05) is 32.0 Å². The molecule has 2 heterocycles. The van der Waals surface area contributed by atoms with Gasteiger partial charge in [0.25, 0.3) is 5.91 Å². The first-order valence-corrected chi connectivity index (χ1v) is 10.1. The van der Waals surface area contributed by atoms with Crippen LogP contribution in [0, 0.1) is 13.8 Å². The smallest absolute Gasteiger partial charge is 0.251 e. The summed E-state index contributed by atoms with van der Waals surface area (Å²) < 4.78 is 2.23. The van der Waals surface area contributed by atoms with Crippen molar-refractivity contribution in [2.45, 2.75) is 47.1 Å². The Bertz CT molecular complexity index is 868. The lowest BCUT2D eigenvalue weighted by Gasteiger charge is -2.19. The molecule has 0 bridgehead atoms. The molecule has 2 aromatic rings. The van der Waals surface area contributed by atoms with Gasteiger partial charge in [0.1, 0.15) is 11.6 Å². The quantitative estimate of drug-likeness (QED) is 0.782. The Morgan fingerprint density at radius 3 is 2.79 bits per heavy atom. The number of hydrogen-bond donors (Lipinski definition) is 1. The third kappa shape index (κ3) is 4.87. The number of aryl methyl sites for hydroxylation is 2. The maximum absolute atomic E-state index is 12.5. The first kappa shape index (κ1) is 20.3. The van der Waals surface area contributed by atoms with Crippen LogP contribution in [-0.4, -0.2) is 51.8 Å². The number of amides is 1. The number of aromatic nitrogens is 3. The summed E-state index contributed by atoms with van der Waals surface area (Å²) in [5.74, 6) is 1.98. The Hall–Kier alpha value is -2.47. The number of fused-ring (bicyclic) bond motifs is 1. The van der Waals surface area contributed by atoms with E-state index in [1.54, 1.807) is 0 Å². The van der Waals surface area contributed by atoms with E-state index in [9.17, 15) is 4.79 Å². The maximum Gasteiger partial charge on any atom is 0.251 e. The minimum Gasteiger partial charge on any atom is -0.352 e. The van der Waals surface area contributed by atoms with Crippen molar-refractivity contribution in [3.63, 3.8) is 0 Å². The molecule has 28 heavy (non-hydrogen) atoms. The van der Waals surface area contributed by atoms with E-state index in [0.717, 1.165) is 55.4 Å². The summed E-state index contributed by atoms with van der Waals surface area (Å²) in [5.41, 5.74) is 4.30. The van der Waals surface area contributed by atoms with Crippen LogP contribution in [-0.2, 0) is 19.4 Å². The van der Waals surface area contributed by atoms with Crippen molar-refractivity contribution >= 4 is 5.91 Å². The molecule has 150 valence electrons. The van der Waals surface area contributed by atoms with Crippen LogP contribution in [0.4, 0.5) is 0 Å². The summed E-state index contributed by atoms with van der Waals surface area (Å²) in [6.07, 6.45) is 3.78. The van der Waals surface area contributed by atoms with E-state index in [0.29, 0.717) is 13.0 Å². The summed E-state index contributed by atoms with van der Waals surface area (Å²) in [7, 11) is 0. The molecule has 0 radical (unpaired) electrons. The van der Waals surface area contributed by atoms with Gasteiger partial charge in [-0.1, -0.05) is 29.3 Å². The Morgan fingerprint density at radius 2 is 2.04 bits per heavy atom. The summed E-state index contributed by atoms with van der Waals surface area (Å²) >= 11 is 0. The van der Waals surface area contributed by atoms with E-state index >= 15 is 0 Å². The van der Waals surface area contributed by atoms with Crippen molar-refractivity contribution in [1.82, 2.24) is 25.0 Å². The number of rotatable bonds is 6. The second-order valence-electron chi connectivity index (χ2n) is 7.67. The van der Waals surface area contributed by atoms with Gasteiger partial charge in [-0.2, -0.15) is 0 Å².